The van der Waals surface area contributed by atoms with Crippen LogP contribution >= 0.6 is 11.3 Å². The number of methoxy groups -OCH3 is 1. The molecule has 6 nitrogen and oxygen atoms in total. The fourth-order valence-corrected chi connectivity index (χ4v) is 3.30. The molecule has 0 unspecified atom stereocenters. The Morgan fingerprint density at radius 3 is 2.65 bits per heavy atom. The number of thiazole rings is 1. The van der Waals surface area contributed by atoms with Crippen LogP contribution in [-0.2, 0) is 9.53 Å². The van der Waals surface area contributed by atoms with E-state index in [4.69, 9.17) is 4.74 Å². The van der Waals surface area contributed by atoms with E-state index in [1.54, 1.807) is 18.1 Å². The summed E-state index contributed by atoms with van der Waals surface area (Å²) < 4.78 is 5.07. The first-order chi connectivity index (χ1) is 12.4. The molecule has 0 radical (unpaired) electrons. The third kappa shape index (κ3) is 5.64. The highest BCUT2D eigenvalue weighted by Gasteiger charge is 2.19. The van der Waals surface area contributed by atoms with Gasteiger partial charge in [0.2, 0.25) is 5.91 Å². The van der Waals surface area contributed by atoms with Gasteiger partial charge in [-0.3, -0.25) is 9.59 Å². The van der Waals surface area contributed by atoms with E-state index in [2.05, 4.69) is 10.3 Å². The Bertz CT molecular complexity index is 754. The largest absolute Gasteiger partial charge is 0.385 e. The van der Waals surface area contributed by atoms with Gasteiger partial charge in [0.1, 0.15) is 6.54 Å². The van der Waals surface area contributed by atoms with Gasteiger partial charge in [-0.25, -0.2) is 4.98 Å². The first-order valence-electron chi connectivity index (χ1n) is 8.49. The van der Waals surface area contributed by atoms with Crippen LogP contribution in [0.15, 0.2) is 24.3 Å². The highest BCUT2D eigenvalue weighted by atomic mass is 32.1. The molecule has 1 aromatic heterocycles. The van der Waals surface area contributed by atoms with Crippen LogP contribution in [0.25, 0.3) is 0 Å². The van der Waals surface area contributed by atoms with Gasteiger partial charge in [0.25, 0.3) is 5.91 Å². The van der Waals surface area contributed by atoms with Gasteiger partial charge in [-0.1, -0.05) is 17.7 Å². The molecule has 1 aromatic carbocycles. The van der Waals surface area contributed by atoms with Gasteiger partial charge in [-0.15, -0.1) is 11.3 Å². The molecule has 2 amide bonds. The quantitative estimate of drug-likeness (QED) is 0.719. The number of aromatic nitrogens is 1. The number of amides is 2. The van der Waals surface area contributed by atoms with Gasteiger partial charge in [-0.05, 0) is 39.3 Å². The first kappa shape index (κ1) is 20.1. The normalized spacial score (nSPS) is 10.6. The lowest BCUT2D eigenvalue weighted by Gasteiger charge is -2.22. The SMILES string of the molecule is COCCCN(CC(=O)Nc1nc(C)c(C)s1)C(=O)c1cccc(C)c1. The van der Waals surface area contributed by atoms with Crippen molar-refractivity contribution in [2.75, 3.05) is 32.1 Å². The second kappa shape index (κ2) is 9.45. The number of benzene rings is 1. The van der Waals surface area contributed by atoms with Gasteiger partial charge in [0.05, 0.1) is 5.69 Å². The zero-order valence-corrected chi connectivity index (χ0v) is 16.5. The lowest BCUT2D eigenvalue weighted by atomic mass is 10.1. The molecule has 1 N–H and O–H groups in total. The number of carbonyl (C=O) groups is 2. The summed E-state index contributed by atoms with van der Waals surface area (Å²) in [6, 6.07) is 7.38. The summed E-state index contributed by atoms with van der Waals surface area (Å²) >= 11 is 1.43. The number of hydrogen-bond acceptors (Lipinski definition) is 5. The molecule has 1 heterocycles. The third-order valence-electron chi connectivity index (χ3n) is 3.94. The standard InChI is InChI=1S/C19H25N3O3S/c1-13-7-5-8-16(11-13)18(24)22(9-6-10-25-4)12-17(23)21-19-20-14(2)15(3)26-19/h5,7-8,11H,6,9-10,12H2,1-4H3,(H,20,21,23). The van der Waals surface area contributed by atoms with Crippen molar-refractivity contribution in [3.8, 4) is 0 Å². The highest BCUT2D eigenvalue weighted by Crippen LogP contribution is 2.21. The molecule has 0 saturated heterocycles. The van der Waals surface area contributed by atoms with Crippen LogP contribution in [0.3, 0.4) is 0 Å². The van der Waals surface area contributed by atoms with E-state index in [9.17, 15) is 9.59 Å². The van der Waals surface area contributed by atoms with Gasteiger partial charge in [0, 0.05) is 30.7 Å². The van der Waals surface area contributed by atoms with Crippen molar-refractivity contribution in [3.63, 3.8) is 0 Å². The maximum atomic E-state index is 12.8. The van der Waals surface area contributed by atoms with Gasteiger partial charge in [-0.2, -0.15) is 0 Å². The van der Waals surface area contributed by atoms with Gasteiger partial charge < -0.3 is 15.0 Å². The molecule has 0 saturated carbocycles. The highest BCUT2D eigenvalue weighted by molar-refractivity contribution is 7.15. The second-order valence-corrected chi connectivity index (χ2v) is 7.35. The van der Waals surface area contributed by atoms with Crippen LogP contribution in [0.4, 0.5) is 5.13 Å². The summed E-state index contributed by atoms with van der Waals surface area (Å²) in [5.74, 6) is -0.413. The molecule has 140 valence electrons. The number of rotatable bonds is 8. The smallest absolute Gasteiger partial charge is 0.254 e. The molecule has 2 rings (SSSR count). The predicted molar refractivity (Wildman–Crippen MR) is 104 cm³/mol. The van der Waals surface area contributed by atoms with Crippen molar-refractivity contribution in [1.82, 2.24) is 9.88 Å². The number of nitrogens with zero attached hydrogens (tertiary/aromatic N) is 2. The van der Waals surface area contributed by atoms with E-state index in [0.717, 1.165) is 16.1 Å². The molecular formula is C19H25N3O3S. The monoisotopic (exact) mass is 375 g/mol. The predicted octanol–water partition coefficient (Wildman–Crippen LogP) is 3.19. The number of anilines is 1. The minimum Gasteiger partial charge on any atom is -0.385 e. The van der Waals surface area contributed by atoms with Crippen molar-refractivity contribution in [1.29, 1.82) is 0 Å². The van der Waals surface area contributed by atoms with E-state index in [1.165, 1.54) is 11.3 Å². The maximum absolute atomic E-state index is 12.8. The number of carbonyl (C=O) groups excluding carboxylic acids is 2. The fraction of sp³-hybridized carbons (Fsp3) is 0.421. The Balaban J connectivity index is 2.07. The second-order valence-electron chi connectivity index (χ2n) is 6.15. The van der Waals surface area contributed by atoms with Crippen LogP contribution in [0, 0.1) is 20.8 Å². The average Bonchev–Trinajstić information content (AvgIpc) is 2.90. The Morgan fingerprint density at radius 1 is 1.27 bits per heavy atom. The summed E-state index contributed by atoms with van der Waals surface area (Å²) in [5.41, 5.74) is 2.49. The van der Waals surface area contributed by atoms with Crippen molar-refractivity contribution < 1.29 is 14.3 Å². The summed E-state index contributed by atoms with van der Waals surface area (Å²) in [4.78, 5) is 32.2. The third-order valence-corrected chi connectivity index (χ3v) is 4.93. The number of nitrogens with one attached hydrogen (secondary N) is 1. The average molecular weight is 375 g/mol. The van der Waals surface area contributed by atoms with Crippen LogP contribution in [0.5, 0.6) is 0 Å². The topological polar surface area (TPSA) is 71.5 Å². The van der Waals surface area contributed by atoms with Crippen molar-refractivity contribution in [3.05, 3.63) is 46.0 Å². The van der Waals surface area contributed by atoms with Crippen molar-refractivity contribution >= 4 is 28.3 Å². The zero-order valence-electron chi connectivity index (χ0n) is 15.7. The lowest BCUT2D eigenvalue weighted by molar-refractivity contribution is -0.116. The maximum Gasteiger partial charge on any atom is 0.254 e. The van der Waals surface area contributed by atoms with Crippen LogP contribution in [0.1, 0.15) is 32.9 Å². The Labute approximate surface area is 158 Å². The van der Waals surface area contributed by atoms with E-state index in [1.807, 2.05) is 39.0 Å². The molecule has 0 aliphatic carbocycles. The molecule has 0 aliphatic heterocycles. The molecule has 7 heteroatoms. The van der Waals surface area contributed by atoms with E-state index >= 15 is 0 Å². The molecule has 0 aliphatic rings. The molecule has 0 fully saturated rings. The van der Waals surface area contributed by atoms with Crippen molar-refractivity contribution in [2.45, 2.75) is 27.2 Å². The molecule has 2 aromatic rings. The molecular weight excluding hydrogens is 350 g/mol. The van der Waals surface area contributed by atoms with Gasteiger partial charge in [0.15, 0.2) is 5.13 Å². The minimum absolute atomic E-state index is 0.0197. The molecule has 0 spiro atoms. The number of hydrogen-bond donors (Lipinski definition) is 1. The summed E-state index contributed by atoms with van der Waals surface area (Å²) in [7, 11) is 1.62. The lowest BCUT2D eigenvalue weighted by Crippen LogP contribution is -2.39. The van der Waals surface area contributed by atoms with Crippen LogP contribution < -0.4 is 5.32 Å². The van der Waals surface area contributed by atoms with Crippen molar-refractivity contribution in [2.24, 2.45) is 0 Å². The number of ether oxygens (including phenoxy) is 1. The Morgan fingerprint density at radius 2 is 2.04 bits per heavy atom. The van der Waals surface area contributed by atoms with Crippen LogP contribution in [-0.4, -0.2) is 48.5 Å². The first-order valence-corrected chi connectivity index (χ1v) is 9.31. The van der Waals surface area contributed by atoms with Crippen LogP contribution in [0.2, 0.25) is 0 Å². The summed E-state index contributed by atoms with van der Waals surface area (Å²) in [6.07, 6.45) is 0.663. The Hall–Kier alpha value is -2.25. The van der Waals surface area contributed by atoms with E-state index in [-0.39, 0.29) is 18.4 Å². The summed E-state index contributed by atoms with van der Waals surface area (Å²) in [6.45, 7) is 6.76. The zero-order chi connectivity index (χ0) is 19.1. The molecule has 26 heavy (non-hydrogen) atoms. The summed E-state index contributed by atoms with van der Waals surface area (Å²) in [5, 5.41) is 3.35. The Kier molecular flexibility index (Phi) is 7.29. The fourth-order valence-electron chi connectivity index (χ4n) is 2.47. The minimum atomic E-state index is -0.253. The van der Waals surface area contributed by atoms with E-state index in [0.29, 0.717) is 30.3 Å². The van der Waals surface area contributed by atoms with E-state index < -0.39 is 0 Å². The molecule has 0 atom stereocenters. The number of aryl methyl sites for hydroxylation is 3. The molecule has 0 bridgehead atoms. The van der Waals surface area contributed by atoms with Gasteiger partial charge >= 0.3 is 0 Å².